The molecule has 134 valence electrons. The number of rotatable bonds is 4. The van der Waals surface area contributed by atoms with Gasteiger partial charge in [-0.1, -0.05) is 36.8 Å². The first-order chi connectivity index (χ1) is 12.5. The van der Waals surface area contributed by atoms with E-state index in [4.69, 9.17) is 0 Å². The summed E-state index contributed by atoms with van der Waals surface area (Å²) in [6.45, 7) is 0. The molecule has 26 heavy (non-hydrogen) atoms. The highest BCUT2D eigenvalue weighted by molar-refractivity contribution is 9.12. The monoisotopic (exact) mass is 431 g/mol. The lowest BCUT2D eigenvalue weighted by Crippen LogP contribution is -2.12. The zero-order chi connectivity index (χ0) is 18.3. The number of anilines is 1. The van der Waals surface area contributed by atoms with Crippen molar-refractivity contribution in [3.8, 4) is 0 Å². The van der Waals surface area contributed by atoms with Crippen LogP contribution in [0.4, 0.5) is 5.69 Å². The number of hydrogen-bond donors (Lipinski definition) is 1. The van der Waals surface area contributed by atoms with Gasteiger partial charge in [-0.05, 0) is 70.1 Å². The maximum atomic E-state index is 12.4. The van der Waals surface area contributed by atoms with Crippen LogP contribution in [0.15, 0.2) is 64.0 Å². The summed E-state index contributed by atoms with van der Waals surface area (Å²) in [6, 6.07) is 15.5. The molecule has 4 nitrogen and oxygen atoms in total. The summed E-state index contributed by atoms with van der Waals surface area (Å²) >= 11 is 3.48. The van der Waals surface area contributed by atoms with Crippen molar-refractivity contribution in [3.05, 3.63) is 64.6 Å². The van der Waals surface area contributed by atoms with Crippen molar-refractivity contribution in [1.29, 1.82) is 0 Å². The minimum Gasteiger partial charge on any atom is -0.293 e. The van der Waals surface area contributed by atoms with E-state index in [9.17, 15) is 13.2 Å². The lowest BCUT2D eigenvalue weighted by atomic mass is 9.90. The van der Waals surface area contributed by atoms with Crippen LogP contribution in [0.3, 0.4) is 0 Å². The van der Waals surface area contributed by atoms with Gasteiger partial charge in [-0.25, -0.2) is 8.42 Å². The topological polar surface area (TPSA) is 63.2 Å². The molecular formula is C20H18BrNO3S. The Morgan fingerprint density at radius 1 is 0.923 bits per heavy atom. The van der Waals surface area contributed by atoms with E-state index in [1.807, 2.05) is 12.1 Å². The summed E-state index contributed by atoms with van der Waals surface area (Å²) in [4.78, 5) is 12.6. The van der Waals surface area contributed by atoms with Crippen LogP contribution in [-0.2, 0) is 14.8 Å². The molecule has 2 aliphatic rings. The lowest BCUT2D eigenvalue weighted by molar-refractivity contribution is -0.118. The van der Waals surface area contributed by atoms with E-state index in [-0.39, 0.29) is 22.5 Å². The predicted molar refractivity (Wildman–Crippen MR) is 105 cm³/mol. The molecule has 0 radical (unpaired) electrons. The number of sulfonamides is 1. The Labute approximate surface area is 161 Å². The number of carbonyl (C=O) groups excluding carboxylic acids is 1. The molecule has 0 heterocycles. The maximum absolute atomic E-state index is 12.4. The van der Waals surface area contributed by atoms with Crippen molar-refractivity contribution in [2.75, 3.05) is 4.72 Å². The van der Waals surface area contributed by atoms with Crippen LogP contribution in [0.5, 0.6) is 0 Å². The highest BCUT2D eigenvalue weighted by Crippen LogP contribution is 2.51. The van der Waals surface area contributed by atoms with E-state index in [2.05, 4.69) is 20.7 Å². The normalized spacial score (nSPS) is 22.6. The van der Waals surface area contributed by atoms with E-state index in [1.165, 1.54) is 0 Å². The molecule has 1 fully saturated rings. The van der Waals surface area contributed by atoms with Crippen LogP contribution in [0, 0.1) is 11.8 Å². The highest BCUT2D eigenvalue weighted by Gasteiger charge is 2.43. The van der Waals surface area contributed by atoms with E-state index in [0.717, 1.165) is 30.4 Å². The zero-order valence-corrected chi connectivity index (χ0v) is 16.4. The Kier molecular flexibility index (Phi) is 4.49. The standard InChI is InChI=1S/C20H18BrNO3S/c21-19-18(16-7-4-8-17(16)20(19)23)13-9-11-14(12-10-13)22-26(24,25)15-5-2-1-3-6-15/h1-3,5-6,9-12,16-17,22H,4,7-8H2. The number of Topliss-reactive ketones (excluding diaryl/α,β-unsaturated/α-hetero) is 1. The number of allylic oxidation sites excluding steroid dienone is 2. The van der Waals surface area contributed by atoms with Gasteiger partial charge in [0.1, 0.15) is 0 Å². The number of carbonyl (C=O) groups is 1. The van der Waals surface area contributed by atoms with E-state index in [1.54, 1.807) is 42.5 Å². The average Bonchev–Trinajstić information content (AvgIpc) is 3.20. The second-order valence-corrected chi connectivity index (χ2v) is 9.21. The van der Waals surface area contributed by atoms with Crippen LogP contribution in [0.1, 0.15) is 24.8 Å². The van der Waals surface area contributed by atoms with Crippen LogP contribution < -0.4 is 4.72 Å². The zero-order valence-electron chi connectivity index (χ0n) is 14.0. The minimum absolute atomic E-state index is 0.107. The predicted octanol–water partition coefficient (Wildman–Crippen LogP) is 4.59. The van der Waals surface area contributed by atoms with Gasteiger partial charge in [0.25, 0.3) is 10.0 Å². The van der Waals surface area contributed by atoms with Crippen LogP contribution >= 0.6 is 15.9 Å². The van der Waals surface area contributed by atoms with Gasteiger partial charge >= 0.3 is 0 Å². The third kappa shape index (κ3) is 3.01. The fraction of sp³-hybridized carbons (Fsp3) is 0.250. The van der Waals surface area contributed by atoms with E-state index < -0.39 is 10.0 Å². The van der Waals surface area contributed by atoms with Crippen LogP contribution in [0.2, 0.25) is 0 Å². The highest BCUT2D eigenvalue weighted by atomic mass is 79.9. The molecule has 1 saturated carbocycles. The molecule has 0 aliphatic heterocycles. The first kappa shape index (κ1) is 17.5. The molecule has 2 aliphatic carbocycles. The summed E-state index contributed by atoms with van der Waals surface area (Å²) in [5, 5.41) is 0. The number of ketones is 1. The fourth-order valence-electron chi connectivity index (χ4n) is 3.95. The van der Waals surface area contributed by atoms with Crippen molar-refractivity contribution in [2.45, 2.75) is 24.2 Å². The molecule has 6 heteroatoms. The average molecular weight is 432 g/mol. The minimum atomic E-state index is -3.60. The van der Waals surface area contributed by atoms with E-state index >= 15 is 0 Å². The summed E-state index contributed by atoms with van der Waals surface area (Å²) in [5.41, 5.74) is 2.54. The van der Waals surface area contributed by atoms with Gasteiger partial charge in [0.15, 0.2) is 5.78 Å². The molecule has 2 aromatic carbocycles. The van der Waals surface area contributed by atoms with Gasteiger partial charge in [-0.2, -0.15) is 0 Å². The largest absolute Gasteiger partial charge is 0.293 e. The molecule has 0 spiro atoms. The molecule has 0 saturated heterocycles. The summed E-state index contributed by atoms with van der Waals surface area (Å²) < 4.78 is 28.1. The second-order valence-electron chi connectivity index (χ2n) is 6.73. The first-order valence-electron chi connectivity index (χ1n) is 8.59. The first-order valence-corrected chi connectivity index (χ1v) is 10.9. The third-order valence-corrected chi connectivity index (χ3v) is 7.39. The van der Waals surface area contributed by atoms with Gasteiger partial charge in [0, 0.05) is 11.6 Å². The Balaban J connectivity index is 1.59. The number of halogens is 1. The third-order valence-electron chi connectivity index (χ3n) is 5.18. The van der Waals surface area contributed by atoms with Crippen molar-refractivity contribution in [1.82, 2.24) is 0 Å². The van der Waals surface area contributed by atoms with Gasteiger partial charge in [0.2, 0.25) is 0 Å². The molecular weight excluding hydrogens is 414 g/mol. The van der Waals surface area contributed by atoms with Crippen molar-refractivity contribution < 1.29 is 13.2 Å². The van der Waals surface area contributed by atoms with Crippen molar-refractivity contribution in [3.63, 3.8) is 0 Å². The SMILES string of the molecule is O=C1C(Br)=C(c2ccc(NS(=O)(=O)c3ccccc3)cc2)C2CCCC12. The quantitative estimate of drug-likeness (QED) is 0.769. The van der Waals surface area contributed by atoms with Gasteiger partial charge < -0.3 is 0 Å². The van der Waals surface area contributed by atoms with Crippen LogP contribution in [0.25, 0.3) is 5.57 Å². The molecule has 0 bridgehead atoms. The van der Waals surface area contributed by atoms with Crippen molar-refractivity contribution in [2.24, 2.45) is 11.8 Å². The van der Waals surface area contributed by atoms with Gasteiger partial charge in [0.05, 0.1) is 9.38 Å². The molecule has 4 rings (SSSR count). The summed E-state index contributed by atoms with van der Waals surface area (Å²) in [5.74, 6) is 0.593. The summed E-state index contributed by atoms with van der Waals surface area (Å²) in [6.07, 6.45) is 3.07. The molecule has 0 aromatic heterocycles. The second kappa shape index (κ2) is 6.67. The molecule has 2 atom stereocenters. The van der Waals surface area contributed by atoms with Crippen LogP contribution in [-0.4, -0.2) is 14.2 Å². The van der Waals surface area contributed by atoms with Gasteiger partial charge in [-0.15, -0.1) is 0 Å². The maximum Gasteiger partial charge on any atom is 0.261 e. The Morgan fingerprint density at radius 3 is 2.27 bits per heavy atom. The summed E-state index contributed by atoms with van der Waals surface area (Å²) in [7, 11) is -3.60. The number of nitrogens with one attached hydrogen (secondary N) is 1. The Hall–Kier alpha value is -1.92. The Bertz CT molecular complexity index is 981. The van der Waals surface area contributed by atoms with E-state index in [0.29, 0.717) is 10.2 Å². The Morgan fingerprint density at radius 2 is 1.58 bits per heavy atom. The smallest absolute Gasteiger partial charge is 0.261 e. The number of benzene rings is 2. The fourth-order valence-corrected chi connectivity index (χ4v) is 5.85. The molecule has 0 amide bonds. The molecule has 2 unspecified atom stereocenters. The molecule has 1 N–H and O–H groups in total. The number of hydrogen-bond acceptors (Lipinski definition) is 3. The molecule has 2 aromatic rings. The number of fused-ring (bicyclic) bond motifs is 1. The lowest BCUT2D eigenvalue weighted by Gasteiger charge is -2.14. The van der Waals surface area contributed by atoms with Crippen molar-refractivity contribution >= 4 is 43.0 Å². The van der Waals surface area contributed by atoms with Gasteiger partial charge in [-0.3, -0.25) is 9.52 Å².